The Balaban J connectivity index is 1.84. The molecule has 5 atom stereocenters. The smallest absolute Gasteiger partial charge is 0.311 e. The molecule has 100 valence electrons. The van der Waals surface area contributed by atoms with E-state index in [0.29, 0.717) is 5.92 Å². The summed E-state index contributed by atoms with van der Waals surface area (Å²) in [7, 11) is 0. The van der Waals surface area contributed by atoms with E-state index in [1.165, 1.54) is 0 Å². The zero-order valence-electron chi connectivity index (χ0n) is 11.4. The number of carbonyl (C=O) groups excluding carboxylic acids is 2. The van der Waals surface area contributed by atoms with Crippen molar-refractivity contribution in [1.29, 1.82) is 0 Å². The van der Waals surface area contributed by atoms with Gasteiger partial charge in [-0.05, 0) is 33.6 Å². The van der Waals surface area contributed by atoms with Crippen LogP contribution in [0.2, 0.25) is 0 Å². The fourth-order valence-electron chi connectivity index (χ4n) is 3.78. The van der Waals surface area contributed by atoms with E-state index in [9.17, 15) is 9.59 Å². The Kier molecular flexibility index (Phi) is 2.19. The molecule has 0 aromatic heterocycles. The fraction of sp³-hybridized carbons (Fsp3) is 0.857. The summed E-state index contributed by atoms with van der Waals surface area (Å²) in [5.74, 6) is 0.00279. The summed E-state index contributed by atoms with van der Waals surface area (Å²) in [4.78, 5) is 23.8. The topological polar surface area (TPSA) is 52.6 Å². The number of rotatable bonds is 1. The van der Waals surface area contributed by atoms with Crippen LogP contribution >= 0.6 is 0 Å². The molecular formula is C14H20O4. The highest BCUT2D eigenvalue weighted by Crippen LogP contribution is 2.63. The zero-order valence-corrected chi connectivity index (χ0v) is 11.4. The predicted molar refractivity (Wildman–Crippen MR) is 63.5 cm³/mol. The standard InChI is InChI=1S/C14H20O4/c1-13(2,3)12(16)18-10-9-7-5-8(11(15)17-9)14(10,4)6-7/h7-10H,5-6H2,1-4H3. The van der Waals surface area contributed by atoms with Gasteiger partial charge in [0, 0.05) is 11.3 Å². The molecular weight excluding hydrogens is 232 g/mol. The van der Waals surface area contributed by atoms with Gasteiger partial charge in [0.25, 0.3) is 0 Å². The molecule has 18 heavy (non-hydrogen) atoms. The van der Waals surface area contributed by atoms with Crippen LogP contribution in [-0.2, 0) is 19.1 Å². The van der Waals surface area contributed by atoms with E-state index in [-0.39, 0.29) is 35.5 Å². The summed E-state index contributed by atoms with van der Waals surface area (Å²) in [5, 5.41) is 0. The number of ether oxygens (including phenoxy) is 2. The first-order valence-electron chi connectivity index (χ1n) is 6.65. The maximum absolute atomic E-state index is 12.0. The summed E-state index contributed by atoms with van der Waals surface area (Å²) in [5.41, 5.74) is -0.715. The maximum Gasteiger partial charge on any atom is 0.311 e. The van der Waals surface area contributed by atoms with Crippen LogP contribution in [0.5, 0.6) is 0 Å². The molecule has 0 spiro atoms. The van der Waals surface area contributed by atoms with Crippen LogP contribution in [0.15, 0.2) is 0 Å². The number of fused-ring (bicyclic) bond motifs is 1. The lowest BCUT2D eigenvalue weighted by molar-refractivity contribution is -0.211. The molecule has 0 aromatic rings. The minimum Gasteiger partial charge on any atom is -0.458 e. The molecule has 0 amide bonds. The quantitative estimate of drug-likeness (QED) is 0.669. The first kappa shape index (κ1) is 12.0. The monoisotopic (exact) mass is 252 g/mol. The van der Waals surface area contributed by atoms with E-state index in [1.807, 2.05) is 20.8 Å². The lowest BCUT2D eigenvalue weighted by Crippen LogP contribution is -2.56. The molecule has 2 aliphatic carbocycles. The Morgan fingerprint density at radius 2 is 2.11 bits per heavy atom. The summed E-state index contributed by atoms with van der Waals surface area (Å²) in [6.45, 7) is 7.60. The van der Waals surface area contributed by atoms with Crippen molar-refractivity contribution in [1.82, 2.24) is 0 Å². The Morgan fingerprint density at radius 1 is 1.44 bits per heavy atom. The summed E-state index contributed by atoms with van der Waals surface area (Å²) in [6, 6.07) is 0. The summed E-state index contributed by atoms with van der Waals surface area (Å²) >= 11 is 0. The van der Waals surface area contributed by atoms with Crippen molar-refractivity contribution < 1.29 is 19.1 Å². The maximum atomic E-state index is 12.0. The van der Waals surface area contributed by atoms with Gasteiger partial charge in [0.2, 0.25) is 0 Å². The molecule has 4 nitrogen and oxygen atoms in total. The average Bonchev–Trinajstić information content (AvgIpc) is 2.67. The lowest BCUT2D eigenvalue weighted by Gasteiger charge is -2.45. The van der Waals surface area contributed by atoms with Crippen molar-refractivity contribution in [2.45, 2.75) is 52.7 Å². The first-order valence-corrected chi connectivity index (χ1v) is 6.65. The molecule has 0 radical (unpaired) electrons. The van der Waals surface area contributed by atoms with Crippen LogP contribution in [0, 0.1) is 22.7 Å². The highest BCUT2D eigenvalue weighted by molar-refractivity contribution is 5.79. The highest BCUT2D eigenvalue weighted by Gasteiger charge is 2.69. The minimum atomic E-state index is -0.512. The number of carbonyl (C=O) groups is 2. The van der Waals surface area contributed by atoms with Crippen LogP contribution in [0.4, 0.5) is 0 Å². The lowest BCUT2D eigenvalue weighted by atomic mass is 9.71. The Labute approximate surface area is 107 Å². The second-order valence-electron chi connectivity index (χ2n) is 7.24. The zero-order chi connectivity index (χ0) is 13.3. The molecule has 2 saturated carbocycles. The van der Waals surface area contributed by atoms with E-state index < -0.39 is 5.41 Å². The molecule has 4 aliphatic rings. The van der Waals surface area contributed by atoms with Gasteiger partial charge in [0.15, 0.2) is 0 Å². The second kappa shape index (κ2) is 3.28. The van der Waals surface area contributed by atoms with Crippen LogP contribution in [0.25, 0.3) is 0 Å². The normalized spacial score (nSPS) is 45.2. The molecule has 0 aromatic carbocycles. The van der Waals surface area contributed by atoms with Crippen molar-refractivity contribution in [3.8, 4) is 0 Å². The van der Waals surface area contributed by atoms with E-state index in [0.717, 1.165) is 12.8 Å². The van der Waals surface area contributed by atoms with Gasteiger partial charge in [-0.2, -0.15) is 0 Å². The van der Waals surface area contributed by atoms with Gasteiger partial charge in [-0.3, -0.25) is 9.59 Å². The van der Waals surface area contributed by atoms with Crippen LogP contribution in [-0.4, -0.2) is 24.1 Å². The first-order chi connectivity index (χ1) is 8.23. The number of hydrogen-bond donors (Lipinski definition) is 0. The fourth-order valence-corrected chi connectivity index (χ4v) is 3.78. The van der Waals surface area contributed by atoms with Gasteiger partial charge in [-0.15, -0.1) is 0 Å². The third-order valence-electron chi connectivity index (χ3n) is 4.83. The molecule has 2 saturated heterocycles. The Hall–Kier alpha value is -1.06. The minimum absolute atomic E-state index is 0.0785. The van der Waals surface area contributed by atoms with Crippen molar-refractivity contribution >= 4 is 11.9 Å². The Morgan fingerprint density at radius 3 is 2.67 bits per heavy atom. The van der Waals surface area contributed by atoms with Gasteiger partial charge in [-0.1, -0.05) is 6.92 Å². The summed E-state index contributed by atoms with van der Waals surface area (Å²) in [6.07, 6.45) is 1.39. The van der Waals surface area contributed by atoms with Crippen LogP contribution in [0.1, 0.15) is 40.5 Å². The van der Waals surface area contributed by atoms with Gasteiger partial charge < -0.3 is 9.47 Å². The predicted octanol–water partition coefficient (Wildman–Crippen LogP) is 1.92. The van der Waals surface area contributed by atoms with Gasteiger partial charge in [0.1, 0.15) is 12.2 Å². The van der Waals surface area contributed by atoms with Crippen molar-refractivity contribution in [3.63, 3.8) is 0 Å². The SMILES string of the molecule is CC(C)(C)C(=O)OC1C2OC(=O)C3CC2CC31C. The van der Waals surface area contributed by atoms with E-state index in [2.05, 4.69) is 6.92 Å². The van der Waals surface area contributed by atoms with Gasteiger partial charge in [-0.25, -0.2) is 0 Å². The molecule has 2 aliphatic heterocycles. The van der Waals surface area contributed by atoms with E-state index in [4.69, 9.17) is 9.47 Å². The molecule has 2 heterocycles. The highest BCUT2D eigenvalue weighted by atomic mass is 16.6. The third-order valence-corrected chi connectivity index (χ3v) is 4.83. The Bertz CT molecular complexity index is 422. The van der Waals surface area contributed by atoms with Gasteiger partial charge in [0.05, 0.1) is 11.3 Å². The van der Waals surface area contributed by atoms with Crippen LogP contribution < -0.4 is 0 Å². The van der Waals surface area contributed by atoms with Crippen LogP contribution in [0.3, 0.4) is 0 Å². The van der Waals surface area contributed by atoms with E-state index in [1.54, 1.807) is 0 Å². The molecule has 0 N–H and O–H groups in total. The molecule has 4 bridgehead atoms. The van der Waals surface area contributed by atoms with Crippen molar-refractivity contribution in [2.24, 2.45) is 22.7 Å². The number of hydrogen-bond acceptors (Lipinski definition) is 4. The van der Waals surface area contributed by atoms with Gasteiger partial charge >= 0.3 is 11.9 Å². The molecule has 4 fully saturated rings. The third kappa shape index (κ3) is 1.38. The molecule has 4 heteroatoms. The largest absolute Gasteiger partial charge is 0.458 e. The summed E-state index contributed by atoms with van der Waals surface area (Å²) < 4.78 is 11.1. The average molecular weight is 252 g/mol. The van der Waals surface area contributed by atoms with Crippen molar-refractivity contribution in [2.75, 3.05) is 0 Å². The molecule has 5 unspecified atom stereocenters. The second-order valence-corrected chi connectivity index (χ2v) is 7.24. The van der Waals surface area contributed by atoms with Crippen molar-refractivity contribution in [3.05, 3.63) is 0 Å². The van der Waals surface area contributed by atoms with E-state index >= 15 is 0 Å². The molecule has 4 rings (SSSR count). The number of esters is 2.